The molecule has 3 aromatic rings. The first-order valence-corrected chi connectivity index (χ1v) is 12.4. The molecule has 0 spiro atoms. The van der Waals surface area contributed by atoms with Crippen molar-refractivity contribution in [1.29, 1.82) is 0 Å². The maximum absolute atomic E-state index is 12.7. The van der Waals surface area contributed by atoms with Crippen molar-refractivity contribution >= 4 is 32.3 Å². The molecule has 32 heavy (non-hydrogen) atoms. The minimum absolute atomic E-state index is 0.225. The molecular formula is C24H29N5O2S. The molecule has 0 bridgehead atoms. The first-order chi connectivity index (χ1) is 15.5. The van der Waals surface area contributed by atoms with Gasteiger partial charge in [-0.2, -0.15) is 0 Å². The SMILES string of the molecule is NC1=NC(NCCCCCCNS(=O)(=O)c2cccc3ccccc23)Nc2ccccc21. The molecule has 0 amide bonds. The summed E-state index contributed by atoms with van der Waals surface area (Å²) in [6.07, 6.45) is 3.50. The number of unbranched alkanes of at least 4 members (excludes halogenated alkanes) is 3. The van der Waals surface area contributed by atoms with Gasteiger partial charge in [-0.3, -0.25) is 5.32 Å². The van der Waals surface area contributed by atoms with Crippen molar-refractivity contribution in [2.75, 3.05) is 18.4 Å². The smallest absolute Gasteiger partial charge is 0.241 e. The molecule has 0 saturated carbocycles. The number of fused-ring (bicyclic) bond motifs is 2. The summed E-state index contributed by atoms with van der Waals surface area (Å²) in [4.78, 5) is 4.78. The number of rotatable bonds is 10. The zero-order valence-electron chi connectivity index (χ0n) is 17.9. The molecule has 1 aliphatic rings. The Kier molecular flexibility index (Phi) is 7.04. The highest BCUT2D eigenvalue weighted by Gasteiger charge is 2.17. The highest BCUT2D eigenvalue weighted by atomic mass is 32.2. The second-order valence-electron chi connectivity index (χ2n) is 7.85. The molecule has 3 aromatic carbocycles. The summed E-state index contributed by atoms with van der Waals surface area (Å²) >= 11 is 0. The third-order valence-electron chi connectivity index (χ3n) is 5.54. The number of nitrogens with zero attached hydrogens (tertiary/aromatic N) is 1. The average Bonchev–Trinajstić information content (AvgIpc) is 2.80. The van der Waals surface area contributed by atoms with Crippen LogP contribution >= 0.6 is 0 Å². The highest BCUT2D eigenvalue weighted by Crippen LogP contribution is 2.22. The zero-order chi connectivity index (χ0) is 22.4. The Bertz CT molecular complexity index is 1200. The van der Waals surface area contributed by atoms with E-state index in [0.29, 0.717) is 17.3 Å². The molecule has 1 atom stereocenters. The summed E-state index contributed by atoms with van der Waals surface area (Å²) < 4.78 is 28.2. The van der Waals surface area contributed by atoms with E-state index in [4.69, 9.17) is 5.73 Å². The van der Waals surface area contributed by atoms with E-state index in [1.54, 1.807) is 12.1 Å². The van der Waals surface area contributed by atoms with E-state index in [-0.39, 0.29) is 6.29 Å². The molecule has 7 nitrogen and oxygen atoms in total. The minimum atomic E-state index is -3.53. The summed E-state index contributed by atoms with van der Waals surface area (Å²) in [5.41, 5.74) is 7.95. The highest BCUT2D eigenvalue weighted by molar-refractivity contribution is 7.89. The van der Waals surface area contributed by atoms with Crippen molar-refractivity contribution in [3.05, 3.63) is 72.3 Å². The first-order valence-electron chi connectivity index (χ1n) is 10.9. The third kappa shape index (κ3) is 5.27. The van der Waals surface area contributed by atoms with Crippen LogP contribution in [-0.2, 0) is 10.0 Å². The second kappa shape index (κ2) is 10.1. The largest absolute Gasteiger partial charge is 0.383 e. The molecule has 0 saturated heterocycles. The van der Waals surface area contributed by atoms with Gasteiger partial charge in [0.2, 0.25) is 10.0 Å². The molecule has 0 fully saturated rings. The van der Waals surface area contributed by atoms with Gasteiger partial charge in [-0.05, 0) is 43.0 Å². The van der Waals surface area contributed by atoms with Crippen LogP contribution in [0.3, 0.4) is 0 Å². The van der Waals surface area contributed by atoms with E-state index in [1.165, 1.54) is 0 Å². The molecule has 4 rings (SSSR count). The lowest BCUT2D eigenvalue weighted by molar-refractivity contribution is 0.532. The molecule has 1 heterocycles. The quantitative estimate of drug-likeness (QED) is 0.353. The van der Waals surface area contributed by atoms with E-state index in [2.05, 4.69) is 20.3 Å². The maximum atomic E-state index is 12.7. The molecular weight excluding hydrogens is 422 g/mol. The number of nitrogens with two attached hydrogens (primary N) is 1. The first kappa shape index (κ1) is 22.3. The van der Waals surface area contributed by atoms with Crippen molar-refractivity contribution in [2.45, 2.75) is 36.9 Å². The van der Waals surface area contributed by atoms with E-state index in [9.17, 15) is 8.42 Å². The summed E-state index contributed by atoms with van der Waals surface area (Å²) in [5, 5.41) is 8.35. The van der Waals surface area contributed by atoms with Crippen LogP contribution < -0.4 is 21.1 Å². The predicted octanol–water partition coefficient (Wildman–Crippen LogP) is 3.38. The molecule has 1 unspecified atom stereocenters. The van der Waals surface area contributed by atoms with Crippen molar-refractivity contribution in [2.24, 2.45) is 10.7 Å². The summed E-state index contributed by atoms with van der Waals surface area (Å²) in [5.74, 6) is 0.537. The van der Waals surface area contributed by atoms with Crippen LogP contribution in [0, 0.1) is 0 Å². The Morgan fingerprint density at radius 3 is 2.47 bits per heavy atom. The van der Waals surface area contributed by atoms with Crippen LogP contribution in [0.25, 0.3) is 10.8 Å². The normalized spacial score (nSPS) is 15.8. The van der Waals surface area contributed by atoms with Gasteiger partial charge in [-0.25, -0.2) is 18.1 Å². The number of benzene rings is 3. The second-order valence-corrected chi connectivity index (χ2v) is 9.59. The summed E-state index contributed by atoms with van der Waals surface area (Å²) in [7, 11) is -3.53. The van der Waals surface area contributed by atoms with E-state index >= 15 is 0 Å². The predicted molar refractivity (Wildman–Crippen MR) is 130 cm³/mol. The number of aliphatic imine (C=N–C) groups is 1. The number of nitrogens with one attached hydrogen (secondary N) is 3. The lowest BCUT2D eigenvalue weighted by Gasteiger charge is -2.24. The number of para-hydroxylation sites is 1. The number of hydrogen-bond donors (Lipinski definition) is 4. The van der Waals surface area contributed by atoms with Gasteiger partial charge in [-0.1, -0.05) is 61.4 Å². The summed E-state index contributed by atoms with van der Waals surface area (Å²) in [6, 6.07) is 20.7. The van der Waals surface area contributed by atoms with Crippen LogP contribution in [0.1, 0.15) is 31.2 Å². The number of sulfonamides is 1. The van der Waals surface area contributed by atoms with Crippen LogP contribution in [0.15, 0.2) is 76.6 Å². The zero-order valence-corrected chi connectivity index (χ0v) is 18.7. The van der Waals surface area contributed by atoms with Gasteiger partial charge in [0.1, 0.15) is 5.84 Å². The Morgan fingerprint density at radius 2 is 1.59 bits per heavy atom. The third-order valence-corrected chi connectivity index (χ3v) is 7.06. The number of amidine groups is 1. The average molecular weight is 452 g/mol. The fourth-order valence-electron chi connectivity index (χ4n) is 3.87. The topological polar surface area (TPSA) is 109 Å². The van der Waals surface area contributed by atoms with Gasteiger partial charge in [0.15, 0.2) is 6.29 Å². The van der Waals surface area contributed by atoms with E-state index in [0.717, 1.165) is 54.3 Å². The minimum Gasteiger partial charge on any atom is -0.383 e. The van der Waals surface area contributed by atoms with Gasteiger partial charge in [0, 0.05) is 23.2 Å². The fraction of sp³-hybridized carbons (Fsp3) is 0.292. The molecule has 8 heteroatoms. The van der Waals surface area contributed by atoms with Crippen molar-refractivity contribution in [1.82, 2.24) is 10.0 Å². The lowest BCUT2D eigenvalue weighted by Crippen LogP contribution is -2.40. The fourth-order valence-corrected chi connectivity index (χ4v) is 5.18. The number of hydrogen-bond acceptors (Lipinski definition) is 6. The number of anilines is 1. The van der Waals surface area contributed by atoms with Crippen LogP contribution in [0.2, 0.25) is 0 Å². The van der Waals surface area contributed by atoms with Crippen molar-refractivity contribution in [3.63, 3.8) is 0 Å². The maximum Gasteiger partial charge on any atom is 0.241 e. The van der Waals surface area contributed by atoms with E-state index in [1.807, 2.05) is 54.6 Å². The molecule has 168 valence electrons. The van der Waals surface area contributed by atoms with E-state index < -0.39 is 10.0 Å². The van der Waals surface area contributed by atoms with Gasteiger partial charge in [-0.15, -0.1) is 0 Å². The lowest BCUT2D eigenvalue weighted by atomic mass is 10.1. The van der Waals surface area contributed by atoms with Gasteiger partial charge in [0.25, 0.3) is 0 Å². The van der Waals surface area contributed by atoms with Crippen LogP contribution in [0.4, 0.5) is 5.69 Å². The molecule has 5 N–H and O–H groups in total. The molecule has 1 aliphatic heterocycles. The van der Waals surface area contributed by atoms with Gasteiger partial charge >= 0.3 is 0 Å². The Morgan fingerprint density at radius 1 is 0.875 bits per heavy atom. The Balaban J connectivity index is 1.16. The van der Waals surface area contributed by atoms with Crippen LogP contribution in [-0.4, -0.2) is 33.6 Å². The monoisotopic (exact) mass is 451 g/mol. The van der Waals surface area contributed by atoms with Crippen LogP contribution in [0.5, 0.6) is 0 Å². The summed E-state index contributed by atoms with van der Waals surface area (Å²) in [6.45, 7) is 1.24. The van der Waals surface area contributed by atoms with Crippen molar-refractivity contribution in [3.8, 4) is 0 Å². The van der Waals surface area contributed by atoms with Gasteiger partial charge < -0.3 is 11.1 Å². The Labute approximate surface area is 189 Å². The standard InChI is InChI=1S/C24H29N5O2S/c25-23-20-13-5-6-14-21(20)28-24(29-23)26-16-7-1-2-8-17-27-32(30,31)22-15-9-11-18-10-3-4-12-19(18)22/h3-6,9-15,24,26-28H,1-2,7-8,16-17H2,(H2,25,29). The molecule has 0 aliphatic carbocycles. The Hall–Kier alpha value is -2.94. The van der Waals surface area contributed by atoms with Crippen molar-refractivity contribution < 1.29 is 8.42 Å². The molecule has 0 aromatic heterocycles. The molecule has 0 radical (unpaired) electrons. The van der Waals surface area contributed by atoms with Gasteiger partial charge in [0.05, 0.1) is 4.90 Å².